The van der Waals surface area contributed by atoms with Crippen LogP contribution in [0.1, 0.15) is 13.3 Å². The van der Waals surface area contributed by atoms with Crippen molar-refractivity contribution in [2.75, 3.05) is 20.1 Å². The molecule has 0 radical (unpaired) electrons. The van der Waals surface area contributed by atoms with E-state index in [-0.39, 0.29) is 0 Å². The number of hydrogen-bond acceptors (Lipinski definition) is 2. The first-order valence-electron chi connectivity index (χ1n) is 3.68. The highest BCUT2D eigenvalue weighted by atomic mass is 15.1. The summed E-state index contributed by atoms with van der Waals surface area (Å²) in [7, 11) is 2.13. The van der Waals surface area contributed by atoms with Gasteiger partial charge in [0.2, 0.25) is 0 Å². The van der Waals surface area contributed by atoms with Crippen molar-refractivity contribution in [2.24, 2.45) is 11.7 Å². The molecule has 54 valence electrons. The van der Waals surface area contributed by atoms with Crippen LogP contribution in [0.5, 0.6) is 0 Å². The van der Waals surface area contributed by atoms with Gasteiger partial charge in [0.25, 0.3) is 0 Å². The lowest BCUT2D eigenvalue weighted by atomic mass is 10.0. The van der Waals surface area contributed by atoms with Crippen LogP contribution in [0.4, 0.5) is 0 Å². The Kier molecular flexibility index (Phi) is 2.09. The molecule has 2 heteroatoms. The number of rotatable bonds is 1. The van der Waals surface area contributed by atoms with Crippen LogP contribution in [0.25, 0.3) is 0 Å². The quantitative estimate of drug-likeness (QED) is 0.550. The number of likely N-dealkylation sites (N-methyl/N-ethyl adjacent to an activating group) is 1. The molecule has 0 aromatic rings. The summed E-state index contributed by atoms with van der Waals surface area (Å²) in [5, 5.41) is 0. The predicted octanol–water partition coefficient (Wildman–Crippen LogP) is 0.285. The maximum Gasteiger partial charge on any atom is 0.0208 e. The zero-order valence-electron chi connectivity index (χ0n) is 6.30. The fourth-order valence-corrected chi connectivity index (χ4v) is 1.55. The smallest absolute Gasteiger partial charge is 0.0208 e. The van der Waals surface area contributed by atoms with Crippen LogP contribution in [-0.4, -0.2) is 31.1 Å². The molecule has 2 atom stereocenters. The molecule has 0 bridgehead atoms. The van der Waals surface area contributed by atoms with Crippen molar-refractivity contribution < 1.29 is 0 Å². The Hall–Kier alpha value is -0.0800. The third-order valence-electron chi connectivity index (χ3n) is 2.20. The minimum Gasteiger partial charge on any atom is -0.326 e. The van der Waals surface area contributed by atoms with Crippen LogP contribution >= 0.6 is 0 Å². The maximum atomic E-state index is 5.84. The van der Waals surface area contributed by atoms with E-state index in [1.807, 2.05) is 0 Å². The summed E-state index contributed by atoms with van der Waals surface area (Å²) in [6.07, 6.45) is 1.23. The fraction of sp³-hybridized carbons (Fsp3) is 1.00. The van der Waals surface area contributed by atoms with E-state index in [9.17, 15) is 0 Å². The van der Waals surface area contributed by atoms with E-state index in [0.29, 0.717) is 6.04 Å². The molecule has 9 heavy (non-hydrogen) atoms. The standard InChI is InChI=1S/C7H16N2/c1-3-6-4-9(2)5-7(6)8/h6-7H,3-5,8H2,1-2H3/t6-,7-/m1/s1. The highest BCUT2D eigenvalue weighted by molar-refractivity contribution is 4.83. The molecule has 1 heterocycles. The number of likely N-dealkylation sites (tertiary alicyclic amines) is 1. The van der Waals surface area contributed by atoms with E-state index in [1.165, 1.54) is 13.0 Å². The first-order chi connectivity index (χ1) is 4.24. The molecule has 0 unspecified atom stereocenters. The molecule has 0 aliphatic carbocycles. The number of hydrogen-bond donors (Lipinski definition) is 1. The van der Waals surface area contributed by atoms with Crippen molar-refractivity contribution in [1.82, 2.24) is 4.90 Å². The van der Waals surface area contributed by atoms with Crippen molar-refractivity contribution in [2.45, 2.75) is 19.4 Å². The van der Waals surface area contributed by atoms with E-state index in [4.69, 9.17) is 5.73 Å². The van der Waals surface area contributed by atoms with E-state index in [0.717, 1.165) is 12.5 Å². The van der Waals surface area contributed by atoms with Gasteiger partial charge in [0.15, 0.2) is 0 Å². The molecule has 0 saturated carbocycles. The van der Waals surface area contributed by atoms with Crippen molar-refractivity contribution in [1.29, 1.82) is 0 Å². The van der Waals surface area contributed by atoms with E-state index >= 15 is 0 Å². The van der Waals surface area contributed by atoms with Gasteiger partial charge in [-0.05, 0) is 13.0 Å². The second-order valence-electron chi connectivity index (χ2n) is 3.05. The molecule has 1 fully saturated rings. The topological polar surface area (TPSA) is 29.3 Å². The Morgan fingerprint density at radius 2 is 2.22 bits per heavy atom. The Balaban J connectivity index is 2.38. The van der Waals surface area contributed by atoms with Gasteiger partial charge in [-0.25, -0.2) is 0 Å². The SMILES string of the molecule is CC[C@@H]1CN(C)C[C@H]1N. The van der Waals surface area contributed by atoms with Gasteiger partial charge >= 0.3 is 0 Å². The van der Waals surface area contributed by atoms with Gasteiger partial charge in [-0.3, -0.25) is 0 Å². The zero-order valence-corrected chi connectivity index (χ0v) is 6.30. The van der Waals surface area contributed by atoms with Gasteiger partial charge in [0.1, 0.15) is 0 Å². The molecule has 1 aliphatic heterocycles. The highest BCUT2D eigenvalue weighted by Gasteiger charge is 2.25. The van der Waals surface area contributed by atoms with Crippen LogP contribution < -0.4 is 5.73 Å². The van der Waals surface area contributed by atoms with E-state index < -0.39 is 0 Å². The average molecular weight is 128 g/mol. The summed E-state index contributed by atoms with van der Waals surface area (Å²) in [6, 6.07) is 0.431. The van der Waals surface area contributed by atoms with Gasteiger partial charge in [-0.15, -0.1) is 0 Å². The Labute approximate surface area is 57.0 Å². The molecule has 1 saturated heterocycles. The van der Waals surface area contributed by atoms with E-state index in [2.05, 4.69) is 18.9 Å². The maximum absolute atomic E-state index is 5.84. The van der Waals surface area contributed by atoms with Crippen molar-refractivity contribution in [3.63, 3.8) is 0 Å². The third-order valence-corrected chi connectivity index (χ3v) is 2.20. The molecular formula is C7H16N2. The highest BCUT2D eigenvalue weighted by Crippen LogP contribution is 2.15. The minimum absolute atomic E-state index is 0.431. The largest absolute Gasteiger partial charge is 0.326 e. The first-order valence-corrected chi connectivity index (χ1v) is 3.68. The van der Waals surface area contributed by atoms with E-state index in [1.54, 1.807) is 0 Å². The zero-order chi connectivity index (χ0) is 6.85. The Morgan fingerprint density at radius 1 is 1.56 bits per heavy atom. The second kappa shape index (κ2) is 2.67. The summed E-state index contributed by atoms with van der Waals surface area (Å²) in [6.45, 7) is 4.49. The predicted molar refractivity (Wildman–Crippen MR) is 39.3 cm³/mol. The van der Waals surface area contributed by atoms with Crippen molar-refractivity contribution in [3.8, 4) is 0 Å². The number of nitrogens with two attached hydrogens (primary N) is 1. The fourth-order valence-electron chi connectivity index (χ4n) is 1.55. The average Bonchev–Trinajstić information content (AvgIpc) is 2.10. The normalized spacial score (nSPS) is 37.7. The van der Waals surface area contributed by atoms with Crippen LogP contribution in [-0.2, 0) is 0 Å². The van der Waals surface area contributed by atoms with Crippen LogP contribution in [0, 0.1) is 5.92 Å². The first kappa shape index (κ1) is 7.03. The molecule has 0 aromatic carbocycles. The van der Waals surface area contributed by atoms with Gasteiger partial charge < -0.3 is 10.6 Å². The van der Waals surface area contributed by atoms with Gasteiger partial charge in [0.05, 0.1) is 0 Å². The lowest BCUT2D eigenvalue weighted by molar-refractivity contribution is 0.392. The number of nitrogens with zero attached hydrogens (tertiary/aromatic N) is 1. The Bertz CT molecular complexity index is 92.9. The molecule has 2 nitrogen and oxygen atoms in total. The molecule has 1 rings (SSSR count). The van der Waals surface area contributed by atoms with Crippen molar-refractivity contribution >= 4 is 0 Å². The second-order valence-corrected chi connectivity index (χ2v) is 3.05. The molecule has 0 amide bonds. The van der Waals surface area contributed by atoms with Crippen LogP contribution in [0.15, 0.2) is 0 Å². The molecule has 2 N–H and O–H groups in total. The van der Waals surface area contributed by atoms with Crippen LogP contribution in [0.3, 0.4) is 0 Å². The van der Waals surface area contributed by atoms with Crippen LogP contribution in [0.2, 0.25) is 0 Å². The minimum atomic E-state index is 0.431. The molecule has 0 aromatic heterocycles. The molecule has 1 aliphatic rings. The lowest BCUT2D eigenvalue weighted by Gasteiger charge is -2.09. The van der Waals surface area contributed by atoms with Gasteiger partial charge in [-0.1, -0.05) is 13.3 Å². The lowest BCUT2D eigenvalue weighted by Crippen LogP contribution is -2.28. The summed E-state index contributed by atoms with van der Waals surface area (Å²) in [5.74, 6) is 0.745. The van der Waals surface area contributed by atoms with Gasteiger partial charge in [0, 0.05) is 19.1 Å². The summed E-state index contributed by atoms with van der Waals surface area (Å²) in [5.41, 5.74) is 5.84. The summed E-state index contributed by atoms with van der Waals surface area (Å²) >= 11 is 0. The summed E-state index contributed by atoms with van der Waals surface area (Å²) < 4.78 is 0. The third kappa shape index (κ3) is 1.43. The molecular weight excluding hydrogens is 112 g/mol. The summed E-state index contributed by atoms with van der Waals surface area (Å²) in [4.78, 5) is 2.30. The monoisotopic (exact) mass is 128 g/mol. The molecule has 0 spiro atoms. The Morgan fingerprint density at radius 3 is 2.44 bits per heavy atom. The van der Waals surface area contributed by atoms with Crippen molar-refractivity contribution in [3.05, 3.63) is 0 Å². The van der Waals surface area contributed by atoms with Gasteiger partial charge in [-0.2, -0.15) is 0 Å².